The minimum Gasteiger partial charge on any atom is -0.343 e. The van der Waals surface area contributed by atoms with Gasteiger partial charge in [-0.2, -0.15) is 0 Å². The molecule has 1 aliphatic heterocycles. The van der Waals surface area contributed by atoms with Gasteiger partial charge in [0.15, 0.2) is 0 Å². The highest BCUT2D eigenvalue weighted by Gasteiger charge is 2.21. The molecule has 2 atom stereocenters. The van der Waals surface area contributed by atoms with Gasteiger partial charge in [0.25, 0.3) is 0 Å². The van der Waals surface area contributed by atoms with Crippen LogP contribution in [0.2, 0.25) is 0 Å². The fraction of sp³-hybridized carbons (Fsp3) is 0.923. The molecule has 92 valence electrons. The molecule has 2 rings (SSSR count). The molecule has 2 aliphatic rings. The molecule has 0 radical (unpaired) electrons. The lowest BCUT2D eigenvalue weighted by Crippen LogP contribution is -2.31. The predicted molar refractivity (Wildman–Crippen MR) is 65.2 cm³/mol. The molecule has 16 heavy (non-hydrogen) atoms. The van der Waals surface area contributed by atoms with E-state index in [2.05, 4.69) is 12.2 Å². The first-order valence-corrected chi connectivity index (χ1v) is 6.77. The van der Waals surface area contributed by atoms with E-state index in [1.54, 1.807) is 0 Å². The molecule has 2 unspecified atom stereocenters. The number of nitrogens with one attached hydrogen (secondary N) is 1. The molecule has 1 saturated carbocycles. The van der Waals surface area contributed by atoms with Crippen LogP contribution in [0, 0.1) is 5.92 Å². The third-order valence-corrected chi connectivity index (χ3v) is 3.90. The van der Waals surface area contributed by atoms with Gasteiger partial charge in [0.2, 0.25) is 5.91 Å². The molecule has 0 aromatic carbocycles. The molecule has 1 amide bonds. The smallest absolute Gasteiger partial charge is 0.222 e. The van der Waals surface area contributed by atoms with Crippen molar-refractivity contribution in [3.8, 4) is 0 Å². The van der Waals surface area contributed by atoms with Crippen LogP contribution in [0.5, 0.6) is 0 Å². The highest BCUT2D eigenvalue weighted by atomic mass is 16.2. The molecule has 3 heteroatoms. The van der Waals surface area contributed by atoms with Crippen LogP contribution in [-0.4, -0.2) is 36.5 Å². The lowest BCUT2D eigenvalue weighted by molar-refractivity contribution is -0.127. The van der Waals surface area contributed by atoms with Crippen LogP contribution in [0.25, 0.3) is 0 Å². The minimum atomic E-state index is 0.356. The summed E-state index contributed by atoms with van der Waals surface area (Å²) in [6.07, 6.45) is 6.99. The number of nitrogens with zero attached hydrogens (tertiary/aromatic N) is 1. The molecular weight excluding hydrogens is 200 g/mol. The minimum absolute atomic E-state index is 0.356. The topological polar surface area (TPSA) is 32.3 Å². The SMILES string of the molecule is CC1CCC(NCCCN2CCCC2=O)C1. The van der Waals surface area contributed by atoms with Crippen LogP contribution in [0.3, 0.4) is 0 Å². The number of carbonyl (C=O) groups is 1. The van der Waals surface area contributed by atoms with Crippen LogP contribution >= 0.6 is 0 Å². The summed E-state index contributed by atoms with van der Waals surface area (Å²) in [5.41, 5.74) is 0. The lowest BCUT2D eigenvalue weighted by Gasteiger charge is -2.17. The molecule has 0 aromatic heterocycles. The summed E-state index contributed by atoms with van der Waals surface area (Å²) in [5.74, 6) is 1.26. The van der Waals surface area contributed by atoms with Gasteiger partial charge < -0.3 is 10.2 Å². The zero-order valence-corrected chi connectivity index (χ0v) is 10.4. The first-order chi connectivity index (χ1) is 7.75. The standard InChI is InChI=1S/C13H24N2O/c1-11-5-6-12(10-11)14-7-3-9-15-8-2-4-13(15)16/h11-12,14H,2-10H2,1H3. The van der Waals surface area contributed by atoms with E-state index in [0.29, 0.717) is 5.91 Å². The number of rotatable bonds is 5. The van der Waals surface area contributed by atoms with Gasteiger partial charge in [-0.1, -0.05) is 6.92 Å². The van der Waals surface area contributed by atoms with E-state index < -0.39 is 0 Å². The number of hydrogen-bond donors (Lipinski definition) is 1. The third-order valence-electron chi connectivity index (χ3n) is 3.90. The Bertz CT molecular complexity index is 242. The molecular formula is C13H24N2O. The maximum atomic E-state index is 11.4. The monoisotopic (exact) mass is 224 g/mol. The third kappa shape index (κ3) is 3.21. The summed E-state index contributed by atoms with van der Waals surface area (Å²) in [7, 11) is 0. The maximum absolute atomic E-state index is 11.4. The Balaban J connectivity index is 1.53. The molecule has 2 fully saturated rings. The number of likely N-dealkylation sites (tertiary alicyclic amines) is 1. The average Bonchev–Trinajstić information content (AvgIpc) is 2.83. The van der Waals surface area contributed by atoms with Crippen LogP contribution < -0.4 is 5.32 Å². The lowest BCUT2D eigenvalue weighted by atomic mass is 10.1. The Morgan fingerprint density at radius 2 is 2.31 bits per heavy atom. The van der Waals surface area contributed by atoms with Crippen molar-refractivity contribution in [1.29, 1.82) is 0 Å². The van der Waals surface area contributed by atoms with E-state index >= 15 is 0 Å². The fourth-order valence-corrected chi connectivity index (χ4v) is 2.91. The quantitative estimate of drug-likeness (QED) is 0.722. The first kappa shape index (κ1) is 11.9. The van der Waals surface area contributed by atoms with E-state index in [0.717, 1.165) is 50.9 Å². The van der Waals surface area contributed by atoms with Crippen molar-refractivity contribution >= 4 is 5.91 Å². The van der Waals surface area contributed by atoms with E-state index in [1.165, 1.54) is 19.3 Å². The van der Waals surface area contributed by atoms with E-state index in [9.17, 15) is 4.79 Å². The van der Waals surface area contributed by atoms with Crippen molar-refractivity contribution in [2.45, 2.75) is 51.5 Å². The zero-order chi connectivity index (χ0) is 11.4. The second kappa shape index (κ2) is 5.67. The largest absolute Gasteiger partial charge is 0.343 e. The predicted octanol–water partition coefficient (Wildman–Crippen LogP) is 1.78. The van der Waals surface area contributed by atoms with Crippen molar-refractivity contribution in [3.63, 3.8) is 0 Å². The molecule has 0 aromatic rings. The molecule has 0 bridgehead atoms. The second-order valence-corrected chi connectivity index (χ2v) is 5.41. The van der Waals surface area contributed by atoms with Gasteiger partial charge in [-0.3, -0.25) is 4.79 Å². The highest BCUT2D eigenvalue weighted by Crippen LogP contribution is 2.24. The Morgan fingerprint density at radius 1 is 1.44 bits per heavy atom. The maximum Gasteiger partial charge on any atom is 0.222 e. The Hall–Kier alpha value is -0.570. The number of carbonyl (C=O) groups excluding carboxylic acids is 1. The van der Waals surface area contributed by atoms with Crippen LogP contribution in [0.15, 0.2) is 0 Å². The summed E-state index contributed by atoms with van der Waals surface area (Å²) in [5, 5.41) is 3.61. The molecule has 3 nitrogen and oxygen atoms in total. The van der Waals surface area contributed by atoms with Gasteiger partial charge in [0.05, 0.1) is 0 Å². The molecule has 1 heterocycles. The van der Waals surface area contributed by atoms with Gasteiger partial charge in [-0.25, -0.2) is 0 Å². The zero-order valence-electron chi connectivity index (χ0n) is 10.4. The molecule has 0 spiro atoms. The Labute approximate surface area is 98.6 Å². The van der Waals surface area contributed by atoms with Crippen LogP contribution in [0.1, 0.15) is 45.4 Å². The summed E-state index contributed by atoms with van der Waals surface area (Å²) in [4.78, 5) is 13.4. The Morgan fingerprint density at radius 3 is 2.94 bits per heavy atom. The van der Waals surface area contributed by atoms with E-state index in [-0.39, 0.29) is 0 Å². The van der Waals surface area contributed by atoms with Crippen LogP contribution in [-0.2, 0) is 4.79 Å². The van der Waals surface area contributed by atoms with Gasteiger partial charge in [-0.05, 0) is 44.6 Å². The van der Waals surface area contributed by atoms with Crippen molar-refractivity contribution in [1.82, 2.24) is 10.2 Å². The first-order valence-electron chi connectivity index (χ1n) is 6.77. The van der Waals surface area contributed by atoms with Crippen molar-refractivity contribution in [3.05, 3.63) is 0 Å². The van der Waals surface area contributed by atoms with Gasteiger partial charge in [0.1, 0.15) is 0 Å². The van der Waals surface area contributed by atoms with Crippen molar-refractivity contribution in [2.24, 2.45) is 5.92 Å². The molecule has 1 aliphatic carbocycles. The average molecular weight is 224 g/mol. The summed E-state index contributed by atoms with van der Waals surface area (Å²) in [6.45, 7) is 5.35. The normalized spacial score (nSPS) is 30.3. The Kier molecular flexibility index (Phi) is 4.22. The highest BCUT2D eigenvalue weighted by molar-refractivity contribution is 5.77. The number of amides is 1. The molecule has 1 saturated heterocycles. The number of hydrogen-bond acceptors (Lipinski definition) is 2. The van der Waals surface area contributed by atoms with Crippen LogP contribution in [0.4, 0.5) is 0 Å². The van der Waals surface area contributed by atoms with Gasteiger partial charge in [0, 0.05) is 25.6 Å². The summed E-state index contributed by atoms with van der Waals surface area (Å²) >= 11 is 0. The summed E-state index contributed by atoms with van der Waals surface area (Å²) in [6, 6.07) is 0.740. The van der Waals surface area contributed by atoms with Gasteiger partial charge >= 0.3 is 0 Å². The second-order valence-electron chi connectivity index (χ2n) is 5.41. The van der Waals surface area contributed by atoms with Crippen molar-refractivity contribution < 1.29 is 4.79 Å². The van der Waals surface area contributed by atoms with Crippen molar-refractivity contribution in [2.75, 3.05) is 19.6 Å². The summed E-state index contributed by atoms with van der Waals surface area (Å²) < 4.78 is 0. The van der Waals surface area contributed by atoms with E-state index in [1.807, 2.05) is 4.90 Å². The van der Waals surface area contributed by atoms with Gasteiger partial charge in [-0.15, -0.1) is 0 Å². The van der Waals surface area contributed by atoms with E-state index in [4.69, 9.17) is 0 Å². The molecule has 1 N–H and O–H groups in total. The fourth-order valence-electron chi connectivity index (χ4n) is 2.91.